The van der Waals surface area contributed by atoms with Crippen LogP contribution in [-0.2, 0) is 9.53 Å². The number of esters is 1. The van der Waals surface area contributed by atoms with Crippen molar-refractivity contribution < 1.29 is 9.53 Å². The average Bonchev–Trinajstić information content (AvgIpc) is 3.00. The summed E-state index contributed by atoms with van der Waals surface area (Å²) in [6.45, 7) is 1.98. The quantitative estimate of drug-likeness (QED) is 0.373. The van der Waals surface area contributed by atoms with Gasteiger partial charge in [-0.05, 0) is 19.8 Å². The van der Waals surface area contributed by atoms with Crippen LogP contribution in [0.5, 0.6) is 0 Å². The monoisotopic (exact) mass is 287 g/mol. The maximum absolute atomic E-state index is 11.8. The number of ether oxygens (including phenoxy) is 1. The average molecular weight is 287 g/mol. The number of nitrogens with two attached hydrogens (primary N) is 2. The Morgan fingerprint density at radius 1 is 1.39 bits per heavy atom. The van der Waals surface area contributed by atoms with E-state index in [-0.39, 0.29) is 29.3 Å². The Morgan fingerprint density at radius 3 is 2.44 bits per heavy atom. The minimum atomic E-state index is -0.538. The summed E-state index contributed by atoms with van der Waals surface area (Å²) in [5.41, 5.74) is 11.7. The predicted molar refractivity (Wildman–Crippen MR) is 78.0 cm³/mol. The van der Waals surface area contributed by atoms with E-state index in [0.29, 0.717) is 11.0 Å². The van der Waals surface area contributed by atoms with E-state index in [1.165, 1.54) is 0 Å². The third-order valence-corrected chi connectivity index (χ3v) is 2.77. The Bertz CT molecular complexity index is 403. The van der Waals surface area contributed by atoms with E-state index in [9.17, 15) is 4.79 Å². The molecule has 1 rings (SSSR count). The number of hydrogen-bond donors (Lipinski definition) is 3. The van der Waals surface area contributed by atoms with Gasteiger partial charge in [0.1, 0.15) is 10.6 Å². The van der Waals surface area contributed by atoms with Crippen LogP contribution in [-0.4, -0.2) is 28.6 Å². The second kappa shape index (κ2) is 6.65. The van der Waals surface area contributed by atoms with E-state index >= 15 is 0 Å². The SMILES string of the molecule is CCOC(=O)C(C(=S)NC1CC1)=C(N)CC(N)=S. The van der Waals surface area contributed by atoms with E-state index < -0.39 is 5.97 Å². The van der Waals surface area contributed by atoms with E-state index in [4.69, 9.17) is 40.6 Å². The molecular weight excluding hydrogens is 270 g/mol. The van der Waals surface area contributed by atoms with Crippen LogP contribution in [0.1, 0.15) is 26.2 Å². The van der Waals surface area contributed by atoms with E-state index in [1.807, 2.05) is 0 Å². The summed E-state index contributed by atoms with van der Waals surface area (Å²) in [5, 5.41) is 3.06. The molecule has 0 unspecified atom stereocenters. The predicted octanol–water partition coefficient (Wildman–Crippen LogP) is 0.518. The number of rotatable bonds is 6. The van der Waals surface area contributed by atoms with Crippen LogP contribution in [0.2, 0.25) is 0 Å². The van der Waals surface area contributed by atoms with Crippen LogP contribution in [0.25, 0.3) is 0 Å². The Hall–Kier alpha value is -1.21. The molecule has 5 nitrogen and oxygen atoms in total. The van der Waals surface area contributed by atoms with Gasteiger partial charge < -0.3 is 21.5 Å². The van der Waals surface area contributed by atoms with Gasteiger partial charge in [-0.3, -0.25) is 0 Å². The molecule has 0 radical (unpaired) electrons. The lowest BCUT2D eigenvalue weighted by atomic mass is 10.1. The van der Waals surface area contributed by atoms with Crippen molar-refractivity contribution in [1.29, 1.82) is 0 Å². The summed E-state index contributed by atoms with van der Waals surface area (Å²) in [7, 11) is 0. The molecule has 0 atom stereocenters. The van der Waals surface area contributed by atoms with Crippen molar-refractivity contribution in [1.82, 2.24) is 5.32 Å². The standard InChI is InChI=1S/C11H17N3O2S2/c1-2-16-11(15)9(7(12)5-8(13)17)10(18)14-6-3-4-6/h6H,2-5,12H2,1H3,(H2,13,17)(H,14,18). The molecule has 1 aliphatic rings. The highest BCUT2D eigenvalue weighted by atomic mass is 32.1. The van der Waals surface area contributed by atoms with Gasteiger partial charge in [0, 0.05) is 18.2 Å². The fraction of sp³-hybridized carbons (Fsp3) is 0.545. The molecule has 100 valence electrons. The van der Waals surface area contributed by atoms with Crippen molar-refractivity contribution in [3.63, 3.8) is 0 Å². The Balaban J connectivity index is 2.87. The fourth-order valence-corrected chi connectivity index (χ4v) is 1.87. The van der Waals surface area contributed by atoms with E-state index in [1.54, 1.807) is 6.92 Å². The van der Waals surface area contributed by atoms with Crippen LogP contribution in [0.4, 0.5) is 0 Å². The molecule has 7 heteroatoms. The van der Waals surface area contributed by atoms with Gasteiger partial charge in [0.15, 0.2) is 0 Å². The first kappa shape index (κ1) is 14.8. The van der Waals surface area contributed by atoms with Crippen molar-refractivity contribution in [3.8, 4) is 0 Å². The Kier molecular flexibility index (Phi) is 5.49. The van der Waals surface area contributed by atoms with Crippen LogP contribution in [0, 0.1) is 0 Å². The summed E-state index contributed by atoms with van der Waals surface area (Å²) < 4.78 is 4.94. The van der Waals surface area contributed by atoms with Gasteiger partial charge in [0.2, 0.25) is 0 Å². The zero-order valence-electron chi connectivity index (χ0n) is 10.2. The van der Waals surface area contributed by atoms with Crippen molar-refractivity contribution in [3.05, 3.63) is 11.3 Å². The third kappa shape index (κ3) is 4.58. The number of hydrogen-bond acceptors (Lipinski definition) is 5. The van der Waals surface area contributed by atoms with Crippen molar-refractivity contribution in [2.24, 2.45) is 11.5 Å². The molecule has 5 N–H and O–H groups in total. The lowest BCUT2D eigenvalue weighted by Gasteiger charge is -2.13. The molecule has 0 saturated heterocycles. The van der Waals surface area contributed by atoms with Gasteiger partial charge in [-0.2, -0.15) is 0 Å². The number of nitrogens with one attached hydrogen (secondary N) is 1. The van der Waals surface area contributed by atoms with Gasteiger partial charge in [0.05, 0.1) is 11.6 Å². The lowest BCUT2D eigenvalue weighted by Crippen LogP contribution is -2.32. The summed E-state index contributed by atoms with van der Waals surface area (Å²) in [6, 6.07) is 0.333. The third-order valence-electron chi connectivity index (χ3n) is 2.30. The Labute approximate surface area is 117 Å². The maximum Gasteiger partial charge on any atom is 0.342 e. The molecule has 0 amide bonds. The van der Waals surface area contributed by atoms with Crippen molar-refractivity contribution in [2.45, 2.75) is 32.2 Å². The number of carbonyl (C=O) groups excluding carboxylic acids is 1. The highest BCUT2D eigenvalue weighted by Crippen LogP contribution is 2.20. The molecule has 1 saturated carbocycles. The molecule has 0 aliphatic heterocycles. The van der Waals surface area contributed by atoms with Crippen LogP contribution in [0.3, 0.4) is 0 Å². The largest absolute Gasteiger partial charge is 0.462 e. The molecule has 0 heterocycles. The lowest BCUT2D eigenvalue weighted by molar-refractivity contribution is -0.137. The van der Waals surface area contributed by atoms with E-state index in [2.05, 4.69) is 5.32 Å². The van der Waals surface area contributed by atoms with Crippen LogP contribution < -0.4 is 16.8 Å². The van der Waals surface area contributed by atoms with Gasteiger partial charge >= 0.3 is 5.97 Å². The molecule has 0 aromatic carbocycles. The first-order valence-corrected chi connectivity index (χ1v) is 6.52. The van der Waals surface area contributed by atoms with Crippen LogP contribution in [0.15, 0.2) is 11.3 Å². The smallest absolute Gasteiger partial charge is 0.342 e. The zero-order valence-corrected chi connectivity index (χ0v) is 11.8. The van der Waals surface area contributed by atoms with Gasteiger partial charge in [0.25, 0.3) is 0 Å². The summed E-state index contributed by atoms with van der Waals surface area (Å²) in [5.74, 6) is -0.538. The molecule has 0 aromatic rings. The summed E-state index contributed by atoms with van der Waals surface area (Å²) in [6.07, 6.45) is 2.24. The Morgan fingerprint density at radius 2 is 2.00 bits per heavy atom. The fourth-order valence-electron chi connectivity index (χ4n) is 1.33. The minimum absolute atomic E-state index is 0.149. The second-order valence-electron chi connectivity index (χ2n) is 4.01. The first-order chi connectivity index (χ1) is 8.45. The minimum Gasteiger partial charge on any atom is -0.462 e. The highest BCUT2D eigenvalue weighted by Gasteiger charge is 2.27. The molecular formula is C11H17N3O2S2. The molecule has 0 spiro atoms. The van der Waals surface area contributed by atoms with Crippen molar-refractivity contribution in [2.75, 3.05) is 6.61 Å². The van der Waals surface area contributed by atoms with Gasteiger partial charge in [-0.1, -0.05) is 24.4 Å². The van der Waals surface area contributed by atoms with Crippen molar-refractivity contribution >= 4 is 40.4 Å². The second-order valence-corrected chi connectivity index (χ2v) is 4.94. The van der Waals surface area contributed by atoms with E-state index in [0.717, 1.165) is 12.8 Å². The van der Waals surface area contributed by atoms with Crippen LogP contribution >= 0.6 is 24.4 Å². The maximum atomic E-state index is 11.8. The first-order valence-electron chi connectivity index (χ1n) is 5.70. The summed E-state index contributed by atoms with van der Waals surface area (Å²) >= 11 is 9.95. The summed E-state index contributed by atoms with van der Waals surface area (Å²) in [4.78, 5) is 12.4. The molecule has 0 bridgehead atoms. The number of thiocarbonyl (C=S) groups is 2. The molecule has 18 heavy (non-hydrogen) atoms. The van der Waals surface area contributed by atoms with Gasteiger partial charge in [-0.25, -0.2) is 4.79 Å². The normalized spacial score (nSPS) is 15.6. The topological polar surface area (TPSA) is 90.4 Å². The molecule has 1 aliphatic carbocycles. The van der Waals surface area contributed by atoms with Gasteiger partial charge in [-0.15, -0.1) is 0 Å². The molecule has 0 aromatic heterocycles. The number of carbonyl (C=O) groups is 1. The molecule has 1 fully saturated rings. The zero-order chi connectivity index (χ0) is 13.7. The highest BCUT2D eigenvalue weighted by molar-refractivity contribution is 7.81.